The maximum atomic E-state index is 13.2. The van der Waals surface area contributed by atoms with Crippen LogP contribution in [0.1, 0.15) is 26.7 Å². The van der Waals surface area contributed by atoms with Gasteiger partial charge in [0, 0.05) is 37.2 Å². The highest BCUT2D eigenvalue weighted by Gasteiger charge is 2.42. The summed E-state index contributed by atoms with van der Waals surface area (Å²) in [6.45, 7) is 5.33. The Bertz CT molecular complexity index is 900. The molecule has 154 valence electrons. The summed E-state index contributed by atoms with van der Waals surface area (Å²) in [6, 6.07) is 6.30. The van der Waals surface area contributed by atoms with Crippen LogP contribution in [0.3, 0.4) is 0 Å². The molecule has 0 amide bonds. The fraction of sp³-hybridized carbons (Fsp3) is 0.364. The zero-order valence-corrected chi connectivity index (χ0v) is 17.9. The molecule has 1 aliphatic heterocycles. The second-order valence-corrected chi connectivity index (χ2v) is 8.72. The molecule has 0 spiro atoms. The molecule has 1 aromatic carbocycles. The van der Waals surface area contributed by atoms with Crippen molar-refractivity contribution < 1.29 is 9.18 Å². The molecule has 1 unspecified atom stereocenters. The van der Waals surface area contributed by atoms with E-state index in [-0.39, 0.29) is 5.82 Å². The monoisotopic (exact) mass is 414 g/mol. The van der Waals surface area contributed by atoms with Crippen molar-refractivity contribution >= 4 is 29.0 Å². The molecule has 0 aromatic heterocycles. The lowest BCUT2D eigenvalue weighted by molar-refractivity contribution is -0.115. The number of fused-ring (bicyclic) bond motifs is 1. The van der Waals surface area contributed by atoms with E-state index in [0.29, 0.717) is 18.7 Å². The minimum absolute atomic E-state index is 0.261. The van der Waals surface area contributed by atoms with E-state index in [0.717, 1.165) is 46.8 Å². The second-order valence-electron chi connectivity index (χ2n) is 7.60. The quantitative estimate of drug-likeness (QED) is 0.326. The molecular formula is C22H27FN4OS. The van der Waals surface area contributed by atoms with Gasteiger partial charge in [-0.25, -0.2) is 8.70 Å². The predicted octanol–water partition coefficient (Wildman–Crippen LogP) is 4.27. The molecule has 0 radical (unpaired) electrons. The van der Waals surface area contributed by atoms with Gasteiger partial charge in [0.05, 0.1) is 5.41 Å². The zero-order chi connectivity index (χ0) is 21.0. The highest BCUT2D eigenvalue weighted by molar-refractivity contribution is 8.12. The van der Waals surface area contributed by atoms with Gasteiger partial charge >= 0.3 is 0 Å². The normalized spacial score (nSPS) is 23.5. The SMILES string of the molecule is CN=C(C=C(C)N)SN1CCC2=CC(Nc3ccc(F)cc3)=C(C)CC2(C=O)C1. The molecule has 29 heavy (non-hydrogen) atoms. The van der Waals surface area contributed by atoms with E-state index in [9.17, 15) is 9.18 Å². The van der Waals surface area contributed by atoms with Gasteiger partial charge in [0.15, 0.2) is 0 Å². The Kier molecular flexibility index (Phi) is 6.59. The van der Waals surface area contributed by atoms with Crippen LogP contribution in [-0.2, 0) is 4.79 Å². The number of carbonyl (C=O) groups excluding carboxylic acids is 1. The number of nitrogens with two attached hydrogens (primary N) is 1. The van der Waals surface area contributed by atoms with Gasteiger partial charge in [-0.3, -0.25) is 4.99 Å². The Morgan fingerprint density at radius 3 is 2.72 bits per heavy atom. The molecule has 7 heteroatoms. The Morgan fingerprint density at radius 2 is 2.10 bits per heavy atom. The molecular weight excluding hydrogens is 387 g/mol. The summed E-state index contributed by atoms with van der Waals surface area (Å²) in [4.78, 5) is 16.5. The standard InChI is InChI=1S/C22H27FN4OS/c1-15-12-22(14-28)13-27(29-21(25-3)10-16(2)24)9-8-17(22)11-20(15)26-19-6-4-18(23)5-7-19/h4-7,10-11,14,26H,8-9,12-13,24H2,1-3H3. The predicted molar refractivity (Wildman–Crippen MR) is 119 cm³/mol. The first kappa shape index (κ1) is 21.3. The van der Waals surface area contributed by atoms with E-state index in [1.54, 1.807) is 31.1 Å². The number of anilines is 1. The molecule has 1 fully saturated rings. The summed E-state index contributed by atoms with van der Waals surface area (Å²) in [6.07, 6.45) is 6.50. The molecule has 0 saturated carbocycles. The topological polar surface area (TPSA) is 70.7 Å². The number of nitrogens with one attached hydrogen (secondary N) is 1. The average molecular weight is 415 g/mol. The third-order valence-electron chi connectivity index (χ3n) is 5.23. The number of hydrogen-bond acceptors (Lipinski definition) is 6. The molecule has 0 bridgehead atoms. The molecule has 5 nitrogen and oxygen atoms in total. The van der Waals surface area contributed by atoms with Gasteiger partial charge in [-0.05, 0) is 80.6 Å². The molecule has 1 atom stereocenters. The van der Waals surface area contributed by atoms with Gasteiger partial charge < -0.3 is 15.8 Å². The third-order valence-corrected chi connectivity index (χ3v) is 6.29. The fourth-order valence-corrected chi connectivity index (χ4v) is 4.83. The number of benzene rings is 1. The van der Waals surface area contributed by atoms with Crippen molar-refractivity contribution in [1.82, 2.24) is 4.31 Å². The average Bonchev–Trinajstić information content (AvgIpc) is 2.69. The van der Waals surface area contributed by atoms with Crippen molar-refractivity contribution in [3.8, 4) is 0 Å². The van der Waals surface area contributed by atoms with Crippen molar-refractivity contribution in [1.29, 1.82) is 0 Å². The van der Waals surface area contributed by atoms with Crippen molar-refractivity contribution in [2.75, 3.05) is 25.5 Å². The number of hydrogen-bond donors (Lipinski definition) is 2. The van der Waals surface area contributed by atoms with Gasteiger partial charge in [0.2, 0.25) is 0 Å². The highest BCUT2D eigenvalue weighted by atomic mass is 32.2. The van der Waals surface area contributed by atoms with Gasteiger partial charge in [-0.15, -0.1) is 0 Å². The summed E-state index contributed by atoms with van der Waals surface area (Å²) >= 11 is 1.54. The first-order valence-electron chi connectivity index (χ1n) is 9.58. The fourth-order valence-electron chi connectivity index (χ4n) is 3.76. The Morgan fingerprint density at radius 1 is 1.38 bits per heavy atom. The smallest absolute Gasteiger partial charge is 0.131 e. The van der Waals surface area contributed by atoms with E-state index >= 15 is 0 Å². The Balaban J connectivity index is 1.78. The lowest BCUT2D eigenvalue weighted by Gasteiger charge is -2.43. The Labute approximate surface area is 175 Å². The third kappa shape index (κ3) is 4.97. The number of carbonyl (C=O) groups is 1. The lowest BCUT2D eigenvalue weighted by Crippen LogP contribution is -2.45. The van der Waals surface area contributed by atoms with Gasteiger partial charge in [-0.2, -0.15) is 0 Å². The van der Waals surface area contributed by atoms with Crippen molar-refractivity contribution in [3.05, 3.63) is 64.8 Å². The minimum atomic E-state index is -0.524. The molecule has 2 aliphatic rings. The number of aliphatic imine (C=N–C) groups is 1. The summed E-state index contributed by atoms with van der Waals surface area (Å²) < 4.78 is 15.4. The van der Waals surface area contributed by atoms with Crippen LogP contribution < -0.4 is 11.1 Å². The van der Waals surface area contributed by atoms with Crippen molar-refractivity contribution in [2.24, 2.45) is 16.1 Å². The van der Waals surface area contributed by atoms with E-state index in [1.807, 2.05) is 19.9 Å². The number of allylic oxidation sites excluding steroid dienone is 3. The number of halogens is 1. The van der Waals surface area contributed by atoms with E-state index in [4.69, 9.17) is 5.73 Å². The molecule has 3 N–H and O–H groups in total. The van der Waals surface area contributed by atoms with Gasteiger partial charge in [0.25, 0.3) is 0 Å². The maximum Gasteiger partial charge on any atom is 0.131 e. The van der Waals surface area contributed by atoms with Crippen LogP contribution in [0, 0.1) is 11.2 Å². The summed E-state index contributed by atoms with van der Waals surface area (Å²) in [5.41, 5.74) is 10.0. The van der Waals surface area contributed by atoms with Gasteiger partial charge in [0.1, 0.15) is 17.1 Å². The van der Waals surface area contributed by atoms with Crippen LogP contribution in [-0.4, -0.2) is 35.8 Å². The number of rotatable bonds is 5. The first-order valence-corrected chi connectivity index (χ1v) is 10.4. The maximum absolute atomic E-state index is 13.2. The largest absolute Gasteiger partial charge is 0.402 e. The Hall–Kier alpha value is -2.38. The molecule has 1 aromatic rings. The zero-order valence-electron chi connectivity index (χ0n) is 17.0. The van der Waals surface area contributed by atoms with Crippen LogP contribution in [0.15, 0.2) is 64.0 Å². The summed E-state index contributed by atoms with van der Waals surface area (Å²) in [5.74, 6) is -0.261. The van der Waals surface area contributed by atoms with Crippen LogP contribution in [0.2, 0.25) is 0 Å². The summed E-state index contributed by atoms with van der Waals surface area (Å²) in [5, 5.41) is 4.20. The van der Waals surface area contributed by atoms with E-state index in [2.05, 4.69) is 20.7 Å². The number of aldehydes is 1. The molecule has 1 aliphatic carbocycles. The highest BCUT2D eigenvalue weighted by Crippen LogP contribution is 2.45. The van der Waals surface area contributed by atoms with Crippen LogP contribution in [0.4, 0.5) is 10.1 Å². The van der Waals surface area contributed by atoms with Gasteiger partial charge in [-0.1, -0.05) is 5.57 Å². The molecule has 3 rings (SSSR count). The van der Waals surface area contributed by atoms with E-state index in [1.165, 1.54) is 12.1 Å². The molecule has 1 saturated heterocycles. The second kappa shape index (κ2) is 8.97. The van der Waals surface area contributed by atoms with Crippen LogP contribution >= 0.6 is 11.9 Å². The van der Waals surface area contributed by atoms with Crippen molar-refractivity contribution in [3.63, 3.8) is 0 Å². The van der Waals surface area contributed by atoms with Crippen LogP contribution in [0.5, 0.6) is 0 Å². The van der Waals surface area contributed by atoms with Crippen LogP contribution in [0.25, 0.3) is 0 Å². The van der Waals surface area contributed by atoms with E-state index < -0.39 is 5.41 Å². The first-order chi connectivity index (χ1) is 13.8. The summed E-state index contributed by atoms with van der Waals surface area (Å²) in [7, 11) is 1.74. The minimum Gasteiger partial charge on any atom is -0.402 e. The number of piperidine rings is 1. The number of nitrogens with zero attached hydrogens (tertiary/aromatic N) is 2. The molecule has 1 heterocycles. The lowest BCUT2D eigenvalue weighted by atomic mass is 9.70. The van der Waals surface area contributed by atoms with Crippen molar-refractivity contribution in [2.45, 2.75) is 26.7 Å².